The zero-order valence-electron chi connectivity index (χ0n) is 19.1. The van der Waals surface area contributed by atoms with E-state index in [0.29, 0.717) is 42.5 Å². The molecule has 176 valence electrons. The number of carbonyl (C=O) groups is 2. The third-order valence-corrected chi connectivity index (χ3v) is 5.61. The number of ether oxygens (including phenoxy) is 2. The normalized spacial score (nSPS) is 15.0. The molecule has 2 aliphatic heterocycles. The SMILES string of the molecule is CCCCN(CCCC)C(=O)CN1N=C(c2nc(-c3ccc4c(c3)OCO4)no2)CCC1=O. The highest BCUT2D eigenvalue weighted by atomic mass is 16.7. The van der Waals surface area contributed by atoms with Gasteiger partial charge >= 0.3 is 0 Å². The van der Waals surface area contributed by atoms with E-state index < -0.39 is 0 Å². The van der Waals surface area contributed by atoms with Crippen LogP contribution < -0.4 is 9.47 Å². The quantitative estimate of drug-likeness (QED) is 0.541. The average Bonchev–Trinajstić information content (AvgIpc) is 3.50. The second kappa shape index (κ2) is 10.5. The van der Waals surface area contributed by atoms with Gasteiger partial charge in [-0.05, 0) is 31.0 Å². The first-order valence-electron chi connectivity index (χ1n) is 11.5. The molecule has 0 saturated carbocycles. The van der Waals surface area contributed by atoms with Gasteiger partial charge in [0.15, 0.2) is 11.5 Å². The van der Waals surface area contributed by atoms with Crippen LogP contribution in [0, 0.1) is 0 Å². The first-order chi connectivity index (χ1) is 16.1. The number of hydrazone groups is 1. The van der Waals surface area contributed by atoms with Crippen molar-refractivity contribution in [1.29, 1.82) is 0 Å². The lowest BCUT2D eigenvalue weighted by Gasteiger charge is -2.27. The molecule has 2 aliphatic rings. The van der Waals surface area contributed by atoms with E-state index in [-0.39, 0.29) is 37.5 Å². The molecule has 3 heterocycles. The van der Waals surface area contributed by atoms with Gasteiger partial charge in [-0.15, -0.1) is 0 Å². The molecule has 4 rings (SSSR count). The molecular weight excluding hydrogens is 426 g/mol. The highest BCUT2D eigenvalue weighted by molar-refractivity contribution is 6.01. The average molecular weight is 456 g/mol. The van der Waals surface area contributed by atoms with Crippen molar-refractivity contribution in [3.05, 3.63) is 24.1 Å². The summed E-state index contributed by atoms with van der Waals surface area (Å²) in [5.41, 5.74) is 1.21. The molecule has 2 amide bonds. The summed E-state index contributed by atoms with van der Waals surface area (Å²) in [6.45, 7) is 5.67. The Bertz CT molecular complexity index is 1030. The van der Waals surface area contributed by atoms with Crippen molar-refractivity contribution < 1.29 is 23.6 Å². The van der Waals surface area contributed by atoms with Crippen molar-refractivity contribution in [2.45, 2.75) is 52.4 Å². The minimum Gasteiger partial charge on any atom is -0.454 e. The molecule has 0 radical (unpaired) electrons. The zero-order valence-corrected chi connectivity index (χ0v) is 19.1. The van der Waals surface area contributed by atoms with E-state index in [0.717, 1.165) is 31.2 Å². The number of rotatable bonds is 10. The highest BCUT2D eigenvalue weighted by Gasteiger charge is 2.28. The predicted molar refractivity (Wildman–Crippen MR) is 120 cm³/mol. The van der Waals surface area contributed by atoms with Gasteiger partial charge in [0.05, 0.1) is 0 Å². The Morgan fingerprint density at radius 3 is 2.61 bits per heavy atom. The van der Waals surface area contributed by atoms with Gasteiger partial charge in [-0.3, -0.25) is 9.59 Å². The lowest BCUT2D eigenvalue weighted by atomic mass is 10.1. The summed E-state index contributed by atoms with van der Waals surface area (Å²) < 4.78 is 16.2. The van der Waals surface area contributed by atoms with Crippen LogP contribution in [-0.2, 0) is 9.59 Å². The van der Waals surface area contributed by atoms with Gasteiger partial charge in [-0.25, -0.2) is 5.01 Å². The van der Waals surface area contributed by atoms with Crippen molar-refractivity contribution in [3.8, 4) is 22.9 Å². The maximum absolute atomic E-state index is 12.9. The number of hydrogen-bond donors (Lipinski definition) is 0. The summed E-state index contributed by atoms with van der Waals surface area (Å²) in [4.78, 5) is 31.6. The number of carbonyl (C=O) groups excluding carboxylic acids is 2. The maximum atomic E-state index is 12.9. The van der Waals surface area contributed by atoms with Gasteiger partial charge in [-0.2, -0.15) is 10.1 Å². The molecule has 0 atom stereocenters. The number of hydrogen-bond acceptors (Lipinski definition) is 8. The summed E-state index contributed by atoms with van der Waals surface area (Å²) in [6, 6.07) is 5.40. The summed E-state index contributed by atoms with van der Waals surface area (Å²) >= 11 is 0. The van der Waals surface area contributed by atoms with E-state index in [1.54, 1.807) is 12.1 Å². The van der Waals surface area contributed by atoms with Crippen LogP contribution in [0.25, 0.3) is 11.4 Å². The standard InChI is InChI=1S/C23H29N5O5/c1-3-5-11-27(12-6-4-2)21(30)14-28-20(29)10-8-17(25-28)23-24-22(26-33-23)16-7-9-18-19(13-16)32-15-31-18/h7,9,13H,3-6,8,10-12,14-15H2,1-2H3. The molecule has 33 heavy (non-hydrogen) atoms. The Hall–Kier alpha value is -3.43. The van der Waals surface area contributed by atoms with Gasteiger partial charge in [0, 0.05) is 31.5 Å². The molecule has 0 aliphatic carbocycles. The Morgan fingerprint density at radius 2 is 1.85 bits per heavy atom. The molecule has 1 aromatic carbocycles. The van der Waals surface area contributed by atoms with E-state index >= 15 is 0 Å². The van der Waals surface area contributed by atoms with Crippen molar-refractivity contribution in [1.82, 2.24) is 20.0 Å². The smallest absolute Gasteiger partial charge is 0.274 e. The van der Waals surface area contributed by atoms with Crippen LogP contribution in [0.15, 0.2) is 27.8 Å². The largest absolute Gasteiger partial charge is 0.454 e. The highest BCUT2D eigenvalue weighted by Crippen LogP contribution is 2.35. The zero-order chi connectivity index (χ0) is 23.2. The molecule has 0 unspecified atom stereocenters. The van der Waals surface area contributed by atoms with Crippen molar-refractivity contribution >= 4 is 17.5 Å². The molecule has 2 aromatic rings. The fourth-order valence-corrected chi connectivity index (χ4v) is 3.66. The Morgan fingerprint density at radius 1 is 1.09 bits per heavy atom. The molecule has 0 bridgehead atoms. The van der Waals surface area contributed by atoms with E-state index in [1.807, 2.05) is 11.0 Å². The molecule has 0 saturated heterocycles. The van der Waals surface area contributed by atoms with Gasteiger partial charge in [0.2, 0.25) is 24.4 Å². The van der Waals surface area contributed by atoms with E-state index in [4.69, 9.17) is 14.0 Å². The van der Waals surface area contributed by atoms with Crippen LogP contribution in [0.2, 0.25) is 0 Å². The summed E-state index contributed by atoms with van der Waals surface area (Å²) in [6.07, 6.45) is 4.48. The summed E-state index contributed by atoms with van der Waals surface area (Å²) in [5.74, 6) is 1.64. The van der Waals surface area contributed by atoms with Crippen molar-refractivity contribution in [2.24, 2.45) is 5.10 Å². The molecule has 10 heteroatoms. The molecule has 0 spiro atoms. The molecule has 0 fully saturated rings. The number of amides is 2. The number of fused-ring (bicyclic) bond motifs is 1. The van der Waals surface area contributed by atoms with Gasteiger partial charge in [-0.1, -0.05) is 31.8 Å². The van der Waals surface area contributed by atoms with E-state index in [1.165, 1.54) is 5.01 Å². The second-order valence-corrected chi connectivity index (χ2v) is 8.08. The summed E-state index contributed by atoms with van der Waals surface area (Å²) in [7, 11) is 0. The van der Waals surface area contributed by atoms with E-state index in [9.17, 15) is 9.59 Å². The lowest BCUT2D eigenvalue weighted by Crippen LogP contribution is -2.43. The number of benzene rings is 1. The monoisotopic (exact) mass is 455 g/mol. The van der Waals surface area contributed by atoms with E-state index in [2.05, 4.69) is 29.1 Å². The second-order valence-electron chi connectivity index (χ2n) is 8.08. The number of aromatic nitrogens is 2. The van der Waals surface area contributed by atoms with Crippen LogP contribution in [0.5, 0.6) is 11.5 Å². The molecular formula is C23H29N5O5. The molecule has 1 aromatic heterocycles. The van der Waals surface area contributed by atoms with Crippen molar-refractivity contribution in [3.63, 3.8) is 0 Å². The maximum Gasteiger partial charge on any atom is 0.274 e. The minimum atomic E-state index is -0.187. The molecule has 0 N–H and O–H groups in total. The minimum absolute atomic E-state index is 0.0844. The van der Waals surface area contributed by atoms with Crippen LogP contribution in [0.3, 0.4) is 0 Å². The third-order valence-electron chi connectivity index (χ3n) is 5.61. The first kappa shape index (κ1) is 22.8. The Labute approximate surface area is 192 Å². The van der Waals surface area contributed by atoms with Gasteiger partial charge in [0.1, 0.15) is 12.3 Å². The van der Waals surface area contributed by atoms with Gasteiger partial charge < -0.3 is 18.9 Å². The topological polar surface area (TPSA) is 110 Å². The van der Waals surface area contributed by atoms with Crippen LogP contribution >= 0.6 is 0 Å². The Kier molecular flexibility index (Phi) is 7.21. The van der Waals surface area contributed by atoms with Crippen molar-refractivity contribution in [2.75, 3.05) is 26.4 Å². The fourth-order valence-electron chi connectivity index (χ4n) is 3.66. The van der Waals surface area contributed by atoms with Crippen LogP contribution in [0.1, 0.15) is 58.3 Å². The summed E-state index contributed by atoms with van der Waals surface area (Å²) in [5, 5.41) is 9.67. The van der Waals surface area contributed by atoms with Crippen LogP contribution in [-0.4, -0.2) is 64.0 Å². The van der Waals surface area contributed by atoms with Crippen LogP contribution in [0.4, 0.5) is 0 Å². The van der Waals surface area contributed by atoms with Gasteiger partial charge in [0.25, 0.3) is 5.89 Å². The Balaban J connectivity index is 1.47. The molecule has 10 nitrogen and oxygen atoms in total. The fraction of sp³-hybridized carbons (Fsp3) is 0.522. The number of nitrogens with zero attached hydrogens (tertiary/aromatic N) is 5. The lowest BCUT2D eigenvalue weighted by molar-refractivity contribution is -0.141. The number of unbranched alkanes of at least 4 members (excludes halogenated alkanes) is 2. The predicted octanol–water partition coefficient (Wildman–Crippen LogP) is 3.22. The third kappa shape index (κ3) is 5.32. The first-order valence-corrected chi connectivity index (χ1v) is 11.5.